The number of benzene rings is 1. The molecule has 1 rings (SSSR count). The lowest BCUT2D eigenvalue weighted by atomic mass is 10.2. The van der Waals surface area contributed by atoms with E-state index >= 15 is 0 Å². The van der Waals surface area contributed by atoms with Crippen LogP contribution in [0.3, 0.4) is 0 Å². The van der Waals surface area contributed by atoms with Gasteiger partial charge >= 0.3 is 0 Å². The van der Waals surface area contributed by atoms with Gasteiger partial charge in [0.15, 0.2) is 0 Å². The summed E-state index contributed by atoms with van der Waals surface area (Å²) in [6.45, 7) is 0. The number of anilines is 1. The van der Waals surface area contributed by atoms with Gasteiger partial charge in [0.25, 0.3) is 0 Å². The first kappa shape index (κ1) is 11.1. The van der Waals surface area contributed by atoms with Crippen molar-refractivity contribution in [1.29, 1.82) is 0 Å². The fourth-order valence-corrected chi connectivity index (χ4v) is 2.03. The molecule has 1 aromatic rings. The Kier molecular flexibility index (Phi) is 3.23. The first-order valence-corrected chi connectivity index (χ1v) is 6.25. The van der Waals surface area contributed by atoms with Gasteiger partial charge in [-0.25, -0.2) is 8.42 Å². The van der Waals surface area contributed by atoms with Crippen molar-refractivity contribution in [2.75, 3.05) is 12.8 Å². The van der Waals surface area contributed by atoms with Gasteiger partial charge < -0.3 is 10.5 Å². The SMILES string of the molecule is COc1ccc(CS(=O)(=O)Cl)cc1N. The maximum absolute atomic E-state index is 10.8. The highest BCUT2D eigenvalue weighted by Gasteiger charge is 2.08. The number of ether oxygens (including phenoxy) is 1. The molecule has 1 aromatic carbocycles. The molecule has 0 unspecified atom stereocenters. The second-order valence-corrected chi connectivity index (χ2v) is 5.54. The Labute approximate surface area is 87.0 Å². The van der Waals surface area contributed by atoms with Crippen molar-refractivity contribution in [1.82, 2.24) is 0 Å². The molecule has 0 atom stereocenters. The van der Waals surface area contributed by atoms with Gasteiger partial charge in [-0.3, -0.25) is 0 Å². The van der Waals surface area contributed by atoms with Crippen LogP contribution >= 0.6 is 10.7 Å². The molecule has 0 aliphatic heterocycles. The van der Waals surface area contributed by atoms with Crippen molar-refractivity contribution in [2.45, 2.75) is 5.75 Å². The van der Waals surface area contributed by atoms with E-state index in [0.29, 0.717) is 17.0 Å². The van der Waals surface area contributed by atoms with Crippen LogP contribution in [0.2, 0.25) is 0 Å². The largest absolute Gasteiger partial charge is 0.495 e. The lowest BCUT2D eigenvalue weighted by molar-refractivity contribution is 0.417. The number of nitrogen functional groups attached to an aromatic ring is 1. The van der Waals surface area contributed by atoms with Crippen molar-refractivity contribution in [2.24, 2.45) is 0 Å². The predicted molar refractivity (Wildman–Crippen MR) is 55.9 cm³/mol. The zero-order valence-electron chi connectivity index (χ0n) is 7.53. The van der Waals surface area contributed by atoms with E-state index in [4.69, 9.17) is 21.2 Å². The average Bonchev–Trinajstić information content (AvgIpc) is 2.01. The first-order chi connectivity index (χ1) is 6.42. The molecule has 0 aliphatic carbocycles. The second-order valence-electron chi connectivity index (χ2n) is 2.76. The first-order valence-electron chi connectivity index (χ1n) is 3.77. The predicted octanol–water partition coefficient (Wildman–Crippen LogP) is 1.35. The summed E-state index contributed by atoms with van der Waals surface area (Å²) < 4.78 is 26.4. The third-order valence-corrected chi connectivity index (χ3v) is 2.64. The topological polar surface area (TPSA) is 69.4 Å². The summed E-state index contributed by atoms with van der Waals surface area (Å²) in [5, 5.41) is 0. The molecule has 78 valence electrons. The fourth-order valence-electron chi connectivity index (χ4n) is 1.07. The molecule has 0 aromatic heterocycles. The Hall–Kier alpha value is -0.940. The molecule has 0 saturated heterocycles. The maximum atomic E-state index is 10.8. The molecule has 0 heterocycles. The van der Waals surface area contributed by atoms with Crippen molar-refractivity contribution in [3.63, 3.8) is 0 Å². The van der Waals surface area contributed by atoms with Gasteiger partial charge in [-0.15, -0.1) is 0 Å². The molecule has 2 N–H and O–H groups in total. The highest BCUT2D eigenvalue weighted by molar-refractivity contribution is 8.13. The second kappa shape index (κ2) is 4.06. The lowest BCUT2D eigenvalue weighted by Crippen LogP contribution is -1.98. The van der Waals surface area contributed by atoms with Crippen LogP contribution in [0.25, 0.3) is 0 Å². The van der Waals surface area contributed by atoms with Gasteiger partial charge in [-0.2, -0.15) is 0 Å². The number of nitrogens with two attached hydrogens (primary N) is 1. The number of hydrogen-bond donors (Lipinski definition) is 1. The third-order valence-electron chi connectivity index (χ3n) is 1.63. The van der Waals surface area contributed by atoms with Crippen LogP contribution in [0.1, 0.15) is 5.56 Å². The highest BCUT2D eigenvalue weighted by atomic mass is 35.7. The number of rotatable bonds is 3. The third kappa shape index (κ3) is 3.08. The summed E-state index contributed by atoms with van der Waals surface area (Å²) in [7, 11) is 3.05. The zero-order valence-corrected chi connectivity index (χ0v) is 9.10. The molecule has 0 amide bonds. The van der Waals surface area contributed by atoms with Crippen LogP contribution in [0, 0.1) is 0 Å². The molecule has 0 bridgehead atoms. The van der Waals surface area contributed by atoms with Crippen molar-refractivity contribution in [3.8, 4) is 5.75 Å². The van der Waals surface area contributed by atoms with Crippen LogP contribution in [0.15, 0.2) is 18.2 Å². The van der Waals surface area contributed by atoms with E-state index in [1.165, 1.54) is 13.2 Å². The van der Waals surface area contributed by atoms with Crippen molar-refractivity contribution < 1.29 is 13.2 Å². The molecule has 6 heteroatoms. The van der Waals surface area contributed by atoms with E-state index in [0.717, 1.165) is 0 Å². The number of halogens is 1. The Balaban J connectivity index is 2.98. The van der Waals surface area contributed by atoms with E-state index in [1.807, 2.05) is 0 Å². The van der Waals surface area contributed by atoms with Crippen LogP contribution in [0.4, 0.5) is 5.69 Å². The Morgan fingerprint density at radius 2 is 2.14 bits per heavy atom. The summed E-state index contributed by atoms with van der Waals surface area (Å²) in [4.78, 5) is 0. The quantitative estimate of drug-likeness (QED) is 0.634. The minimum Gasteiger partial charge on any atom is -0.495 e. The van der Waals surface area contributed by atoms with Crippen LogP contribution in [-0.4, -0.2) is 15.5 Å². The summed E-state index contributed by atoms with van der Waals surface area (Å²) in [5.74, 6) is 0.281. The monoisotopic (exact) mass is 235 g/mol. The molecule has 0 radical (unpaired) electrons. The lowest BCUT2D eigenvalue weighted by Gasteiger charge is -2.05. The van der Waals surface area contributed by atoms with E-state index < -0.39 is 9.05 Å². The van der Waals surface area contributed by atoms with E-state index in [9.17, 15) is 8.42 Å². The van der Waals surface area contributed by atoms with Crippen molar-refractivity contribution in [3.05, 3.63) is 23.8 Å². The maximum Gasteiger partial charge on any atom is 0.236 e. The summed E-state index contributed by atoms with van der Waals surface area (Å²) in [6.07, 6.45) is 0. The van der Waals surface area contributed by atoms with Gasteiger partial charge in [0.1, 0.15) is 5.75 Å². The summed E-state index contributed by atoms with van der Waals surface area (Å²) in [5.41, 5.74) is 6.52. The van der Waals surface area contributed by atoms with Crippen LogP contribution in [0.5, 0.6) is 5.75 Å². The molecule has 14 heavy (non-hydrogen) atoms. The number of hydrogen-bond acceptors (Lipinski definition) is 4. The summed E-state index contributed by atoms with van der Waals surface area (Å²) in [6, 6.07) is 4.74. The van der Waals surface area contributed by atoms with E-state index in [-0.39, 0.29) is 5.75 Å². The molecule has 4 nitrogen and oxygen atoms in total. The zero-order chi connectivity index (χ0) is 10.8. The minimum atomic E-state index is -3.54. The average molecular weight is 236 g/mol. The minimum absolute atomic E-state index is 0.233. The molecule has 0 spiro atoms. The molecule has 0 saturated carbocycles. The standard InChI is InChI=1S/C8H10ClNO3S/c1-13-8-3-2-6(4-7(8)10)5-14(9,11)12/h2-4H,5,10H2,1H3. The smallest absolute Gasteiger partial charge is 0.236 e. The van der Waals surface area contributed by atoms with Gasteiger partial charge in [0.2, 0.25) is 9.05 Å². The van der Waals surface area contributed by atoms with E-state index in [2.05, 4.69) is 0 Å². The Morgan fingerprint density at radius 1 is 1.50 bits per heavy atom. The van der Waals surface area contributed by atoms with Gasteiger partial charge in [0, 0.05) is 10.7 Å². The van der Waals surface area contributed by atoms with E-state index in [1.54, 1.807) is 12.1 Å². The highest BCUT2D eigenvalue weighted by Crippen LogP contribution is 2.23. The molecular formula is C8H10ClNO3S. The number of methoxy groups -OCH3 is 1. The van der Waals surface area contributed by atoms with Gasteiger partial charge in [0.05, 0.1) is 18.6 Å². The van der Waals surface area contributed by atoms with Crippen LogP contribution in [-0.2, 0) is 14.8 Å². The fraction of sp³-hybridized carbons (Fsp3) is 0.250. The van der Waals surface area contributed by atoms with Crippen LogP contribution < -0.4 is 10.5 Å². The van der Waals surface area contributed by atoms with Crippen molar-refractivity contribution >= 4 is 25.4 Å². The van der Waals surface area contributed by atoms with Gasteiger partial charge in [-0.1, -0.05) is 6.07 Å². The van der Waals surface area contributed by atoms with Gasteiger partial charge in [-0.05, 0) is 17.7 Å². The normalized spacial score (nSPS) is 11.3. The molecule has 0 fully saturated rings. The summed E-state index contributed by atoms with van der Waals surface area (Å²) >= 11 is 0. The molecule has 0 aliphatic rings. The Bertz CT molecular complexity index is 430. The molecular weight excluding hydrogens is 226 g/mol. The Morgan fingerprint density at radius 3 is 2.57 bits per heavy atom.